The number of alkyl halides is 3. The molecule has 4 rings (SSSR count). The zero-order valence-corrected chi connectivity index (χ0v) is 18.5. The van der Waals surface area contributed by atoms with Crippen LogP contribution < -0.4 is 5.73 Å². The van der Waals surface area contributed by atoms with Gasteiger partial charge in [0.1, 0.15) is 12.2 Å². The highest BCUT2D eigenvalue weighted by atomic mass is 19.4. The topological polar surface area (TPSA) is 103 Å². The Morgan fingerprint density at radius 2 is 1.91 bits per heavy atom. The van der Waals surface area contributed by atoms with Crippen molar-refractivity contribution in [3.63, 3.8) is 0 Å². The van der Waals surface area contributed by atoms with Crippen LogP contribution in [0.5, 0.6) is 0 Å². The minimum Gasteiger partial charge on any atom is -0.464 e. The Morgan fingerprint density at radius 3 is 2.51 bits per heavy atom. The number of hydrogen-bond acceptors (Lipinski definition) is 6. The SMILES string of the molecule is COC(=O)c1cc([C@@]2(c3cccc(-c4cccnc4F)c3)N=C(N)N(C)C2=O)cn1CC(F)(F)F. The number of guanidine groups is 1. The molecule has 0 fully saturated rings. The lowest BCUT2D eigenvalue weighted by Gasteiger charge is -2.25. The molecule has 0 radical (unpaired) electrons. The maximum absolute atomic E-state index is 14.3. The van der Waals surface area contributed by atoms with Gasteiger partial charge < -0.3 is 15.0 Å². The van der Waals surface area contributed by atoms with Crippen LogP contribution >= 0.6 is 0 Å². The molecule has 3 heterocycles. The van der Waals surface area contributed by atoms with Crippen LogP contribution in [0.3, 0.4) is 0 Å². The van der Waals surface area contributed by atoms with E-state index in [1.807, 2.05) is 0 Å². The van der Waals surface area contributed by atoms with Crippen molar-refractivity contribution in [1.29, 1.82) is 0 Å². The van der Waals surface area contributed by atoms with E-state index in [1.54, 1.807) is 12.1 Å². The fourth-order valence-corrected chi connectivity index (χ4v) is 4.00. The minimum absolute atomic E-state index is 0.0386. The lowest BCUT2D eigenvalue weighted by atomic mass is 9.83. The van der Waals surface area contributed by atoms with E-state index in [1.165, 1.54) is 37.5 Å². The van der Waals surface area contributed by atoms with Crippen molar-refractivity contribution in [3.8, 4) is 11.1 Å². The predicted octanol–water partition coefficient (Wildman–Crippen LogP) is 3.07. The number of benzene rings is 1. The molecule has 0 unspecified atom stereocenters. The van der Waals surface area contributed by atoms with Gasteiger partial charge in [0.05, 0.1) is 7.11 Å². The summed E-state index contributed by atoms with van der Waals surface area (Å²) in [4.78, 5) is 34.8. The molecule has 1 aliphatic heterocycles. The quantitative estimate of drug-likeness (QED) is 0.337. The molecule has 2 N–H and O–H groups in total. The number of halogens is 4. The number of aliphatic imine (C=N–C) groups is 1. The highest BCUT2D eigenvalue weighted by Gasteiger charge is 2.51. The maximum Gasteiger partial charge on any atom is 0.406 e. The van der Waals surface area contributed by atoms with E-state index < -0.39 is 41.8 Å². The van der Waals surface area contributed by atoms with E-state index in [0.717, 1.165) is 24.3 Å². The molecule has 35 heavy (non-hydrogen) atoms. The molecule has 0 spiro atoms. The van der Waals surface area contributed by atoms with Crippen LogP contribution in [-0.4, -0.2) is 52.6 Å². The highest BCUT2D eigenvalue weighted by Crippen LogP contribution is 2.41. The van der Waals surface area contributed by atoms with Crippen LogP contribution in [0, 0.1) is 5.95 Å². The van der Waals surface area contributed by atoms with Crippen LogP contribution in [0.15, 0.2) is 59.9 Å². The third-order valence-corrected chi connectivity index (χ3v) is 5.65. The molecule has 1 amide bonds. The Morgan fingerprint density at radius 1 is 1.17 bits per heavy atom. The Kier molecular flexibility index (Phi) is 5.83. The Balaban J connectivity index is 1.96. The van der Waals surface area contributed by atoms with Gasteiger partial charge in [0.15, 0.2) is 11.5 Å². The molecule has 1 atom stereocenters. The van der Waals surface area contributed by atoms with Gasteiger partial charge in [0, 0.05) is 30.6 Å². The van der Waals surface area contributed by atoms with Gasteiger partial charge in [-0.1, -0.05) is 18.2 Å². The number of pyridine rings is 1. The molecule has 8 nitrogen and oxygen atoms in total. The van der Waals surface area contributed by atoms with Crippen LogP contribution in [0.25, 0.3) is 11.1 Å². The Labute approximate surface area is 196 Å². The third kappa shape index (κ3) is 4.11. The zero-order valence-electron chi connectivity index (χ0n) is 18.5. The fourth-order valence-electron chi connectivity index (χ4n) is 4.00. The van der Waals surface area contributed by atoms with Crippen LogP contribution in [0.4, 0.5) is 17.6 Å². The lowest BCUT2D eigenvalue weighted by Crippen LogP contribution is -2.41. The summed E-state index contributed by atoms with van der Waals surface area (Å²) < 4.78 is 59.3. The van der Waals surface area contributed by atoms with Crippen LogP contribution in [0.2, 0.25) is 0 Å². The van der Waals surface area contributed by atoms with E-state index in [4.69, 9.17) is 5.73 Å². The number of carbonyl (C=O) groups excluding carboxylic acids is 2. The number of carbonyl (C=O) groups is 2. The number of esters is 1. The first-order valence-electron chi connectivity index (χ1n) is 10.2. The van der Waals surface area contributed by atoms with Crippen molar-refractivity contribution in [3.05, 3.63) is 77.6 Å². The molecule has 0 bridgehead atoms. The zero-order chi connectivity index (χ0) is 25.5. The van der Waals surface area contributed by atoms with E-state index in [9.17, 15) is 27.2 Å². The van der Waals surface area contributed by atoms with Gasteiger partial charge in [-0.3, -0.25) is 9.69 Å². The van der Waals surface area contributed by atoms with Gasteiger partial charge in [-0.2, -0.15) is 17.6 Å². The smallest absolute Gasteiger partial charge is 0.406 e. The van der Waals surface area contributed by atoms with E-state index in [-0.39, 0.29) is 22.6 Å². The summed E-state index contributed by atoms with van der Waals surface area (Å²) in [6.07, 6.45) is -2.37. The molecule has 3 aromatic rings. The molecule has 1 aromatic carbocycles. The number of hydrogen-bond donors (Lipinski definition) is 1. The first kappa shape index (κ1) is 23.9. The van der Waals surface area contributed by atoms with Gasteiger partial charge in [0.2, 0.25) is 5.95 Å². The summed E-state index contributed by atoms with van der Waals surface area (Å²) in [6.45, 7) is -1.50. The summed E-state index contributed by atoms with van der Waals surface area (Å²) in [6, 6.07) is 10.3. The molecular formula is C23H19F4N5O3. The fraction of sp³-hybridized carbons (Fsp3) is 0.217. The average molecular weight is 489 g/mol. The molecular weight excluding hydrogens is 470 g/mol. The first-order chi connectivity index (χ1) is 16.5. The number of methoxy groups -OCH3 is 1. The van der Waals surface area contributed by atoms with Gasteiger partial charge in [-0.25, -0.2) is 14.8 Å². The van der Waals surface area contributed by atoms with Crippen LogP contribution in [-0.2, 0) is 21.6 Å². The molecule has 0 saturated carbocycles. The lowest BCUT2D eigenvalue weighted by molar-refractivity contribution is -0.140. The number of amides is 1. The first-order valence-corrected chi connectivity index (χ1v) is 10.2. The number of nitrogens with zero attached hydrogens (tertiary/aromatic N) is 4. The molecule has 0 saturated heterocycles. The second kappa shape index (κ2) is 8.53. The number of likely N-dealkylation sites (N-methyl/N-ethyl adjacent to an activating group) is 1. The van der Waals surface area contributed by atoms with E-state index in [0.29, 0.717) is 10.1 Å². The number of aromatic nitrogens is 2. The summed E-state index contributed by atoms with van der Waals surface area (Å²) in [7, 11) is 2.39. The third-order valence-electron chi connectivity index (χ3n) is 5.65. The number of ether oxygens (including phenoxy) is 1. The van der Waals surface area contributed by atoms with Gasteiger partial charge >= 0.3 is 12.1 Å². The van der Waals surface area contributed by atoms with Crippen molar-refractivity contribution in [2.45, 2.75) is 18.3 Å². The summed E-state index contributed by atoms with van der Waals surface area (Å²) in [5, 5.41) is 0. The normalized spacial score (nSPS) is 18.1. The largest absolute Gasteiger partial charge is 0.464 e. The van der Waals surface area contributed by atoms with Crippen molar-refractivity contribution >= 4 is 17.8 Å². The summed E-state index contributed by atoms with van der Waals surface area (Å²) in [5.41, 5.74) is 4.24. The van der Waals surface area contributed by atoms with Gasteiger partial charge in [-0.15, -0.1) is 0 Å². The standard InChI is InChI=1S/C23H19F4N5O3/c1-31-20(34)23(30-21(31)28,14-6-3-5-13(9-14)16-7-4-8-29-18(16)24)15-10-17(19(33)35-2)32(11-15)12-22(25,26)27/h3-11H,12H2,1-2H3,(H2,28,30)/t23-/m1/s1. The second-order valence-corrected chi connectivity index (χ2v) is 7.82. The van der Waals surface area contributed by atoms with E-state index >= 15 is 0 Å². The summed E-state index contributed by atoms with van der Waals surface area (Å²) >= 11 is 0. The molecule has 2 aromatic heterocycles. The molecule has 12 heteroatoms. The molecule has 182 valence electrons. The molecule has 1 aliphatic rings. The summed E-state index contributed by atoms with van der Waals surface area (Å²) in [5.74, 6) is -2.63. The van der Waals surface area contributed by atoms with Gasteiger partial charge in [0.25, 0.3) is 5.91 Å². The van der Waals surface area contributed by atoms with Crippen LogP contribution in [0.1, 0.15) is 21.6 Å². The van der Waals surface area contributed by atoms with Crippen molar-refractivity contribution in [1.82, 2.24) is 14.5 Å². The van der Waals surface area contributed by atoms with Crippen molar-refractivity contribution < 1.29 is 31.9 Å². The second-order valence-electron chi connectivity index (χ2n) is 7.82. The monoisotopic (exact) mass is 489 g/mol. The number of rotatable bonds is 5. The minimum atomic E-state index is -4.66. The maximum atomic E-state index is 14.3. The Hall–Kier alpha value is -4.22. The van der Waals surface area contributed by atoms with Crippen molar-refractivity contribution in [2.75, 3.05) is 14.2 Å². The molecule has 0 aliphatic carbocycles. The van der Waals surface area contributed by atoms with Gasteiger partial charge in [-0.05, 0) is 35.4 Å². The number of nitrogens with two attached hydrogens (primary N) is 1. The average Bonchev–Trinajstić information content (AvgIpc) is 3.32. The Bertz CT molecular complexity index is 1350. The van der Waals surface area contributed by atoms with E-state index in [2.05, 4.69) is 14.7 Å². The highest BCUT2D eigenvalue weighted by molar-refractivity contribution is 6.09. The predicted molar refractivity (Wildman–Crippen MR) is 117 cm³/mol. The van der Waals surface area contributed by atoms with Crippen molar-refractivity contribution in [2.24, 2.45) is 10.7 Å².